The Morgan fingerprint density at radius 3 is 2.57 bits per heavy atom. The summed E-state index contributed by atoms with van der Waals surface area (Å²) in [4.78, 5) is 10.7. The lowest BCUT2D eigenvalue weighted by Gasteiger charge is -2.13. The molecule has 0 radical (unpaired) electrons. The van der Waals surface area contributed by atoms with Crippen LogP contribution >= 0.6 is 0 Å². The molecule has 0 spiro atoms. The average molecular weight is 191 g/mol. The van der Waals surface area contributed by atoms with Crippen molar-refractivity contribution in [2.75, 3.05) is 0 Å². The van der Waals surface area contributed by atoms with E-state index in [1.165, 1.54) is 0 Å². The van der Waals surface area contributed by atoms with Gasteiger partial charge in [-0.25, -0.2) is 5.43 Å². The molecule has 3 atom stereocenters. The monoisotopic (exact) mass is 191 g/mol. The maximum absolute atomic E-state index is 10.7. The first-order valence-corrected chi connectivity index (χ1v) is 4.71. The predicted octanol–water partition coefficient (Wildman–Crippen LogP) is 1.36. The van der Waals surface area contributed by atoms with Crippen LogP contribution in [0.5, 0.6) is 0 Å². The van der Waals surface area contributed by atoms with Crippen LogP contribution < -0.4 is 10.9 Å². The van der Waals surface area contributed by atoms with Crippen LogP contribution in [0, 0.1) is 4.91 Å². The Kier molecular flexibility index (Phi) is 2.56. The molecule has 74 valence electrons. The highest BCUT2D eigenvalue weighted by atomic mass is 16.3. The third-order valence-corrected chi connectivity index (χ3v) is 2.60. The van der Waals surface area contributed by atoms with Crippen molar-refractivity contribution in [3.8, 4) is 0 Å². The second-order valence-electron chi connectivity index (χ2n) is 3.56. The minimum atomic E-state index is -0.239. The van der Waals surface area contributed by atoms with E-state index in [2.05, 4.69) is 16.0 Å². The number of benzene rings is 1. The molecule has 2 N–H and O–H groups in total. The summed E-state index contributed by atoms with van der Waals surface area (Å²) in [5.41, 5.74) is 7.20. The molecule has 1 saturated heterocycles. The van der Waals surface area contributed by atoms with Crippen LogP contribution in [0.4, 0.5) is 0 Å². The highest BCUT2D eigenvalue weighted by Gasteiger charge is 2.34. The molecule has 4 heteroatoms. The van der Waals surface area contributed by atoms with Crippen molar-refractivity contribution in [2.24, 2.45) is 5.18 Å². The summed E-state index contributed by atoms with van der Waals surface area (Å²) >= 11 is 0. The number of hydrogen-bond donors (Lipinski definition) is 2. The van der Waals surface area contributed by atoms with E-state index in [9.17, 15) is 4.91 Å². The molecule has 1 heterocycles. The Morgan fingerprint density at radius 2 is 1.93 bits per heavy atom. The predicted molar refractivity (Wildman–Crippen MR) is 54.5 cm³/mol. The fraction of sp³-hybridized carbons (Fsp3) is 0.400. The van der Waals surface area contributed by atoms with Crippen LogP contribution in [0.2, 0.25) is 0 Å². The van der Waals surface area contributed by atoms with Gasteiger partial charge in [0.1, 0.15) is 6.04 Å². The SMILES string of the molecule is CC1NNC(c2ccccc2)C1N=O. The lowest BCUT2D eigenvalue weighted by molar-refractivity contribution is 0.549. The smallest absolute Gasteiger partial charge is 0.129 e. The molecule has 0 amide bonds. The molecule has 1 aromatic rings. The Hall–Kier alpha value is -1.26. The summed E-state index contributed by atoms with van der Waals surface area (Å²) in [6.07, 6.45) is 0. The zero-order valence-corrected chi connectivity index (χ0v) is 7.97. The highest BCUT2D eigenvalue weighted by Crippen LogP contribution is 2.24. The van der Waals surface area contributed by atoms with E-state index in [1.54, 1.807) is 0 Å². The number of nitroso groups, excluding NO2 is 1. The van der Waals surface area contributed by atoms with Crippen molar-refractivity contribution in [3.63, 3.8) is 0 Å². The van der Waals surface area contributed by atoms with Gasteiger partial charge < -0.3 is 0 Å². The van der Waals surface area contributed by atoms with Crippen LogP contribution in [-0.2, 0) is 0 Å². The first-order valence-electron chi connectivity index (χ1n) is 4.71. The number of hydrazine groups is 1. The highest BCUT2D eigenvalue weighted by molar-refractivity contribution is 5.22. The minimum Gasteiger partial charge on any atom is -0.252 e. The Bertz CT molecular complexity index is 314. The van der Waals surface area contributed by atoms with Crippen molar-refractivity contribution in [1.82, 2.24) is 10.9 Å². The summed E-state index contributed by atoms with van der Waals surface area (Å²) in [5.74, 6) is 0. The first kappa shape index (κ1) is 9.30. The van der Waals surface area contributed by atoms with Crippen molar-refractivity contribution < 1.29 is 0 Å². The molecule has 4 nitrogen and oxygen atoms in total. The number of nitrogens with one attached hydrogen (secondary N) is 2. The van der Waals surface area contributed by atoms with E-state index in [4.69, 9.17) is 0 Å². The van der Waals surface area contributed by atoms with Gasteiger partial charge in [-0.15, -0.1) is 0 Å². The molecule has 0 saturated carbocycles. The molecular formula is C10H13N3O. The third kappa shape index (κ3) is 1.54. The minimum absolute atomic E-state index is 0.0105. The van der Waals surface area contributed by atoms with Crippen LogP contribution in [0.15, 0.2) is 35.5 Å². The van der Waals surface area contributed by atoms with Gasteiger partial charge in [-0.2, -0.15) is 4.91 Å². The molecule has 2 rings (SSSR count). The van der Waals surface area contributed by atoms with Crippen molar-refractivity contribution >= 4 is 0 Å². The summed E-state index contributed by atoms with van der Waals surface area (Å²) in [7, 11) is 0. The summed E-state index contributed by atoms with van der Waals surface area (Å²) < 4.78 is 0. The van der Waals surface area contributed by atoms with Crippen molar-refractivity contribution in [2.45, 2.75) is 25.0 Å². The van der Waals surface area contributed by atoms with Gasteiger partial charge >= 0.3 is 0 Å². The molecule has 14 heavy (non-hydrogen) atoms. The Morgan fingerprint density at radius 1 is 1.21 bits per heavy atom. The van der Waals surface area contributed by atoms with Crippen LogP contribution in [0.3, 0.4) is 0 Å². The zero-order chi connectivity index (χ0) is 9.97. The average Bonchev–Trinajstić information content (AvgIpc) is 2.61. The zero-order valence-electron chi connectivity index (χ0n) is 7.97. The first-order chi connectivity index (χ1) is 6.83. The largest absolute Gasteiger partial charge is 0.252 e. The van der Waals surface area contributed by atoms with Gasteiger partial charge in [-0.1, -0.05) is 35.5 Å². The third-order valence-electron chi connectivity index (χ3n) is 2.60. The lowest BCUT2D eigenvalue weighted by atomic mass is 9.98. The normalized spacial score (nSPS) is 31.6. The van der Waals surface area contributed by atoms with E-state index in [0.29, 0.717) is 0 Å². The quantitative estimate of drug-likeness (QED) is 0.694. The molecule has 1 fully saturated rings. The van der Waals surface area contributed by atoms with Crippen LogP contribution in [0.1, 0.15) is 18.5 Å². The fourth-order valence-electron chi connectivity index (χ4n) is 1.77. The van der Waals surface area contributed by atoms with E-state index in [0.717, 1.165) is 5.56 Å². The maximum atomic E-state index is 10.7. The van der Waals surface area contributed by atoms with Crippen molar-refractivity contribution in [3.05, 3.63) is 40.8 Å². The van der Waals surface area contributed by atoms with Crippen molar-refractivity contribution in [1.29, 1.82) is 0 Å². The van der Waals surface area contributed by atoms with E-state index in [-0.39, 0.29) is 18.1 Å². The fourth-order valence-corrected chi connectivity index (χ4v) is 1.77. The van der Waals surface area contributed by atoms with Gasteiger partial charge in [0.2, 0.25) is 0 Å². The summed E-state index contributed by atoms with van der Waals surface area (Å²) in [6.45, 7) is 1.95. The summed E-state index contributed by atoms with van der Waals surface area (Å²) in [6, 6.07) is 9.70. The second-order valence-corrected chi connectivity index (χ2v) is 3.56. The van der Waals surface area contributed by atoms with Crippen LogP contribution in [0.25, 0.3) is 0 Å². The number of rotatable bonds is 2. The molecule has 1 aliphatic heterocycles. The lowest BCUT2D eigenvalue weighted by Crippen LogP contribution is -2.29. The van der Waals surface area contributed by atoms with E-state index < -0.39 is 0 Å². The molecule has 1 aliphatic rings. The molecule has 3 unspecified atom stereocenters. The Balaban J connectivity index is 2.23. The molecule has 0 aliphatic carbocycles. The van der Waals surface area contributed by atoms with Gasteiger partial charge in [-0.3, -0.25) is 5.43 Å². The second kappa shape index (κ2) is 3.86. The molecule has 0 aromatic heterocycles. The maximum Gasteiger partial charge on any atom is 0.129 e. The van der Waals surface area contributed by atoms with Gasteiger partial charge in [0.05, 0.1) is 6.04 Å². The van der Waals surface area contributed by atoms with E-state index >= 15 is 0 Å². The molecular weight excluding hydrogens is 178 g/mol. The van der Waals surface area contributed by atoms with Gasteiger partial charge in [-0.05, 0) is 12.5 Å². The van der Waals surface area contributed by atoms with Crippen LogP contribution in [-0.4, -0.2) is 12.1 Å². The Labute approximate surface area is 82.6 Å². The molecule has 0 bridgehead atoms. The molecule has 1 aromatic carbocycles. The number of hydrogen-bond acceptors (Lipinski definition) is 4. The number of nitrogens with zero attached hydrogens (tertiary/aromatic N) is 1. The standard InChI is InChI=1S/C10H13N3O/c1-7-9(13-14)10(12-11-7)8-5-3-2-4-6-8/h2-7,9-12H,1H3. The van der Waals surface area contributed by atoms with Gasteiger partial charge in [0.15, 0.2) is 0 Å². The summed E-state index contributed by atoms with van der Waals surface area (Å²) in [5, 5.41) is 3.15. The van der Waals surface area contributed by atoms with Gasteiger partial charge in [0, 0.05) is 6.04 Å². The topological polar surface area (TPSA) is 53.5 Å². The van der Waals surface area contributed by atoms with E-state index in [1.807, 2.05) is 37.3 Å². The van der Waals surface area contributed by atoms with Gasteiger partial charge in [0.25, 0.3) is 0 Å².